The Balaban J connectivity index is 2.59. The predicted molar refractivity (Wildman–Crippen MR) is 40.2 cm³/mol. The summed E-state index contributed by atoms with van der Waals surface area (Å²) >= 11 is 3.23. The van der Waals surface area contributed by atoms with E-state index in [-0.39, 0.29) is 10.5 Å². The topological polar surface area (TPSA) is 12.4 Å². The molecule has 0 N–H and O–H groups in total. The minimum absolute atomic E-state index is 0.115. The normalized spacial score (nSPS) is 25.2. The zero-order valence-corrected chi connectivity index (χ0v) is 6.68. The highest BCUT2D eigenvalue weighted by molar-refractivity contribution is 9.09. The van der Waals surface area contributed by atoms with E-state index in [1.165, 1.54) is 6.08 Å². The van der Waals surface area contributed by atoms with Gasteiger partial charge in [-0.2, -0.15) is 0 Å². The largest absolute Gasteiger partial charge is 0.282 e. The molecule has 0 aliphatic carbocycles. The molecule has 0 saturated heterocycles. The van der Waals surface area contributed by atoms with Crippen LogP contribution in [0.3, 0.4) is 0 Å². The Kier molecular flexibility index (Phi) is 2.54. The third-order valence-corrected chi connectivity index (χ3v) is 1.74. The molecule has 0 aromatic carbocycles. The molecule has 1 unspecified atom stereocenters. The quantitative estimate of drug-likeness (QED) is 0.587. The van der Waals surface area contributed by atoms with Gasteiger partial charge in [-0.25, -0.2) is 8.78 Å². The van der Waals surface area contributed by atoms with Crippen LogP contribution < -0.4 is 0 Å². The smallest absolute Gasteiger partial charge is 0.279 e. The molecule has 1 nitrogen and oxygen atoms in total. The van der Waals surface area contributed by atoms with Crippen molar-refractivity contribution in [2.45, 2.75) is 11.3 Å². The fourth-order valence-corrected chi connectivity index (χ4v) is 0.948. The molecule has 1 aliphatic heterocycles. The van der Waals surface area contributed by atoms with Gasteiger partial charge < -0.3 is 0 Å². The molecule has 1 atom stereocenters. The van der Waals surface area contributed by atoms with E-state index in [1.807, 2.05) is 0 Å². The zero-order chi connectivity index (χ0) is 7.56. The van der Waals surface area contributed by atoms with E-state index in [0.717, 1.165) is 0 Å². The summed E-state index contributed by atoms with van der Waals surface area (Å²) < 4.78 is 23.7. The van der Waals surface area contributed by atoms with Gasteiger partial charge in [-0.1, -0.05) is 22.0 Å². The highest BCUT2D eigenvalue weighted by Crippen LogP contribution is 2.10. The first-order valence-corrected chi connectivity index (χ1v) is 3.76. The van der Waals surface area contributed by atoms with Crippen LogP contribution in [-0.4, -0.2) is 23.5 Å². The maximum atomic E-state index is 11.9. The van der Waals surface area contributed by atoms with Crippen LogP contribution in [0.25, 0.3) is 0 Å². The van der Waals surface area contributed by atoms with Crippen LogP contribution in [0.2, 0.25) is 0 Å². The number of nitrogens with zero attached hydrogens (tertiary/aromatic N) is 1. The molecule has 1 rings (SSSR count). The van der Waals surface area contributed by atoms with E-state index >= 15 is 0 Å². The molecule has 0 bridgehead atoms. The Morgan fingerprint density at radius 3 is 2.80 bits per heavy atom. The summed E-state index contributed by atoms with van der Waals surface area (Å²) in [5, 5.41) is 0. The first-order chi connectivity index (χ1) is 4.70. The fourth-order valence-electron chi connectivity index (χ4n) is 0.651. The molecule has 0 saturated carbocycles. The van der Waals surface area contributed by atoms with Crippen molar-refractivity contribution in [1.29, 1.82) is 0 Å². The van der Waals surface area contributed by atoms with Gasteiger partial charge in [0.15, 0.2) is 0 Å². The second-order valence-electron chi connectivity index (χ2n) is 1.94. The monoisotopic (exact) mass is 209 g/mol. The minimum Gasteiger partial charge on any atom is -0.282 e. The number of hydrogen-bond acceptors (Lipinski definition) is 1. The molecule has 0 fully saturated rings. The van der Waals surface area contributed by atoms with Gasteiger partial charge in [-0.05, 0) is 6.08 Å². The highest BCUT2D eigenvalue weighted by Gasteiger charge is 2.13. The molecular weight excluding hydrogens is 204 g/mol. The summed E-state index contributed by atoms with van der Waals surface area (Å²) in [5.41, 5.74) is -0.115. The summed E-state index contributed by atoms with van der Waals surface area (Å²) in [7, 11) is 0. The van der Waals surface area contributed by atoms with Crippen molar-refractivity contribution in [2.75, 3.05) is 6.54 Å². The SMILES string of the molecule is FC(F)C1=NCC(Br)C=C1. The van der Waals surface area contributed by atoms with Crippen molar-refractivity contribution in [2.24, 2.45) is 4.99 Å². The van der Waals surface area contributed by atoms with E-state index < -0.39 is 6.43 Å². The third-order valence-electron chi connectivity index (χ3n) is 1.15. The predicted octanol–water partition coefficient (Wildman–Crippen LogP) is 2.03. The van der Waals surface area contributed by atoms with Crippen LogP contribution in [0.5, 0.6) is 0 Å². The van der Waals surface area contributed by atoms with Crippen LogP contribution in [0, 0.1) is 0 Å². The average Bonchev–Trinajstić information content (AvgIpc) is 1.88. The standard InChI is InChI=1S/C6H6BrF2N/c7-4-1-2-5(6(8)9)10-3-4/h1-2,4,6H,3H2. The van der Waals surface area contributed by atoms with Crippen molar-refractivity contribution >= 4 is 21.6 Å². The summed E-state index contributed by atoms with van der Waals surface area (Å²) in [6.07, 6.45) is 0.596. The van der Waals surface area contributed by atoms with Crippen molar-refractivity contribution < 1.29 is 8.78 Å². The van der Waals surface area contributed by atoms with Crippen molar-refractivity contribution in [1.82, 2.24) is 0 Å². The molecule has 10 heavy (non-hydrogen) atoms. The molecule has 1 heterocycles. The van der Waals surface area contributed by atoms with Crippen LogP contribution in [0.1, 0.15) is 0 Å². The molecule has 4 heteroatoms. The van der Waals surface area contributed by atoms with E-state index in [4.69, 9.17) is 0 Å². The minimum atomic E-state index is -2.43. The van der Waals surface area contributed by atoms with Crippen LogP contribution in [0.15, 0.2) is 17.1 Å². The Bertz CT molecular complexity index is 177. The van der Waals surface area contributed by atoms with Gasteiger partial charge in [0.1, 0.15) is 5.71 Å². The summed E-state index contributed by atoms with van der Waals surface area (Å²) in [6.45, 7) is 0.413. The van der Waals surface area contributed by atoms with Gasteiger partial charge in [0.2, 0.25) is 0 Å². The average molecular weight is 210 g/mol. The van der Waals surface area contributed by atoms with E-state index in [1.54, 1.807) is 6.08 Å². The summed E-state index contributed by atoms with van der Waals surface area (Å²) in [6, 6.07) is 0. The summed E-state index contributed by atoms with van der Waals surface area (Å²) in [5.74, 6) is 0. The molecule has 0 aromatic heterocycles. The molecular formula is C6H6BrF2N. The number of halogens is 3. The van der Waals surface area contributed by atoms with Gasteiger partial charge in [0.25, 0.3) is 6.43 Å². The van der Waals surface area contributed by atoms with Gasteiger partial charge in [-0.3, -0.25) is 4.99 Å². The molecule has 56 valence electrons. The van der Waals surface area contributed by atoms with Gasteiger partial charge in [0, 0.05) is 0 Å². The van der Waals surface area contributed by atoms with E-state index in [9.17, 15) is 8.78 Å². The zero-order valence-electron chi connectivity index (χ0n) is 5.10. The van der Waals surface area contributed by atoms with Crippen LogP contribution in [-0.2, 0) is 0 Å². The maximum Gasteiger partial charge on any atom is 0.279 e. The molecule has 0 radical (unpaired) electrons. The first-order valence-electron chi connectivity index (χ1n) is 2.85. The Morgan fingerprint density at radius 2 is 2.40 bits per heavy atom. The van der Waals surface area contributed by atoms with Crippen LogP contribution >= 0.6 is 15.9 Å². The van der Waals surface area contributed by atoms with Crippen molar-refractivity contribution in [3.8, 4) is 0 Å². The highest BCUT2D eigenvalue weighted by atomic mass is 79.9. The number of hydrogen-bond donors (Lipinski definition) is 0. The Hall–Kier alpha value is -0.250. The number of aliphatic imine (C=N–C) groups is 1. The summed E-state index contributed by atoms with van der Waals surface area (Å²) in [4.78, 5) is 3.76. The van der Waals surface area contributed by atoms with Crippen molar-refractivity contribution in [3.63, 3.8) is 0 Å². The molecule has 1 aliphatic rings. The molecule has 0 aromatic rings. The van der Waals surface area contributed by atoms with Crippen molar-refractivity contribution in [3.05, 3.63) is 12.2 Å². The Labute approximate surface area is 66.0 Å². The fraction of sp³-hybridized carbons (Fsp3) is 0.500. The number of alkyl halides is 3. The maximum absolute atomic E-state index is 11.9. The molecule has 0 amide bonds. The van der Waals surface area contributed by atoms with Gasteiger partial charge in [0.05, 0.1) is 11.4 Å². The van der Waals surface area contributed by atoms with E-state index in [0.29, 0.717) is 6.54 Å². The third kappa shape index (κ3) is 1.87. The van der Waals surface area contributed by atoms with Crippen LogP contribution in [0.4, 0.5) is 8.78 Å². The van der Waals surface area contributed by atoms with E-state index in [2.05, 4.69) is 20.9 Å². The second-order valence-corrected chi connectivity index (χ2v) is 3.12. The lowest BCUT2D eigenvalue weighted by atomic mass is 10.2. The lowest BCUT2D eigenvalue weighted by Crippen LogP contribution is -2.15. The Morgan fingerprint density at radius 1 is 1.70 bits per heavy atom. The second kappa shape index (κ2) is 3.23. The number of allylic oxidation sites excluding steroid dienone is 1. The lowest BCUT2D eigenvalue weighted by molar-refractivity contribution is 0.226. The van der Waals surface area contributed by atoms with Gasteiger partial charge in [-0.15, -0.1) is 0 Å². The number of rotatable bonds is 1. The molecule has 0 spiro atoms. The lowest BCUT2D eigenvalue weighted by Gasteiger charge is -2.08. The first kappa shape index (κ1) is 7.85. The van der Waals surface area contributed by atoms with Gasteiger partial charge >= 0.3 is 0 Å². The number of dihydropyridines is 1.